The number of rotatable bonds is 6. The van der Waals surface area contributed by atoms with Gasteiger partial charge in [-0.1, -0.05) is 41.9 Å². The molecule has 2 aromatic carbocycles. The number of phenolic OH excluding ortho intramolecular Hbond substituents is 1. The van der Waals surface area contributed by atoms with Crippen molar-refractivity contribution >= 4 is 23.1 Å². The van der Waals surface area contributed by atoms with Crippen molar-refractivity contribution in [2.45, 2.75) is 31.7 Å². The Morgan fingerprint density at radius 1 is 1.20 bits per heavy atom. The summed E-state index contributed by atoms with van der Waals surface area (Å²) in [6.07, 6.45) is -2.83. The van der Waals surface area contributed by atoms with Crippen LogP contribution in [0.2, 0.25) is 5.02 Å². The van der Waals surface area contributed by atoms with E-state index in [4.69, 9.17) is 16.3 Å². The lowest BCUT2D eigenvalue weighted by molar-refractivity contribution is -0.128. The fourth-order valence-electron chi connectivity index (χ4n) is 3.29. The molecule has 1 atom stereocenters. The van der Waals surface area contributed by atoms with Crippen LogP contribution < -0.4 is 0 Å². The fourth-order valence-corrected chi connectivity index (χ4v) is 3.42. The molecule has 1 saturated heterocycles. The summed E-state index contributed by atoms with van der Waals surface area (Å²) in [6.45, 7) is 0.654. The number of carbonyl (C=O) groups excluding carboxylic acids is 1. The maximum absolute atomic E-state index is 13.7. The van der Waals surface area contributed by atoms with Crippen LogP contribution in [0.1, 0.15) is 24.0 Å². The molecule has 160 valence electrons. The SMILES string of the molecule is O=C(C=C(c1ccc(Cl)cc1)C(F)(F)F)N(Cc1ccccc1O)CC1CCCO1. The van der Waals surface area contributed by atoms with Crippen molar-refractivity contribution in [2.75, 3.05) is 13.2 Å². The molecule has 1 N–H and O–H groups in total. The van der Waals surface area contributed by atoms with Crippen LogP contribution in [0.15, 0.2) is 54.6 Å². The van der Waals surface area contributed by atoms with Crippen LogP contribution in [-0.4, -0.2) is 41.3 Å². The highest BCUT2D eigenvalue weighted by molar-refractivity contribution is 6.30. The van der Waals surface area contributed by atoms with Gasteiger partial charge < -0.3 is 14.7 Å². The molecular weight excluding hydrogens is 419 g/mol. The topological polar surface area (TPSA) is 49.8 Å². The Kier molecular flexibility index (Phi) is 7.05. The van der Waals surface area contributed by atoms with Gasteiger partial charge in [0, 0.05) is 36.4 Å². The second-order valence-electron chi connectivity index (χ2n) is 7.05. The number of nitrogens with zero attached hydrogens (tertiary/aromatic N) is 1. The first kappa shape index (κ1) is 22.2. The molecule has 8 heteroatoms. The number of allylic oxidation sites excluding steroid dienone is 1. The summed E-state index contributed by atoms with van der Waals surface area (Å²) in [4.78, 5) is 14.2. The van der Waals surface area contributed by atoms with Gasteiger partial charge in [-0.2, -0.15) is 13.2 Å². The van der Waals surface area contributed by atoms with Crippen molar-refractivity contribution in [3.05, 3.63) is 70.8 Å². The van der Waals surface area contributed by atoms with Crippen LogP contribution in [0.3, 0.4) is 0 Å². The van der Waals surface area contributed by atoms with Crippen LogP contribution in [0.5, 0.6) is 5.75 Å². The summed E-state index contributed by atoms with van der Waals surface area (Å²) in [5.41, 5.74) is -0.768. The summed E-state index contributed by atoms with van der Waals surface area (Å²) < 4.78 is 46.6. The maximum Gasteiger partial charge on any atom is 0.417 e. The summed E-state index contributed by atoms with van der Waals surface area (Å²) in [7, 11) is 0. The first-order chi connectivity index (χ1) is 14.2. The minimum absolute atomic E-state index is 0.0274. The third-order valence-electron chi connectivity index (χ3n) is 4.84. The predicted octanol–water partition coefficient (Wildman–Crippen LogP) is 5.20. The van der Waals surface area contributed by atoms with Crippen molar-refractivity contribution in [3.8, 4) is 5.75 Å². The highest BCUT2D eigenvalue weighted by Gasteiger charge is 2.36. The van der Waals surface area contributed by atoms with E-state index in [-0.39, 0.29) is 30.5 Å². The zero-order chi connectivity index (χ0) is 21.7. The molecule has 0 radical (unpaired) electrons. The molecule has 2 aromatic rings. The Morgan fingerprint density at radius 3 is 2.50 bits per heavy atom. The average Bonchev–Trinajstić information content (AvgIpc) is 3.20. The van der Waals surface area contributed by atoms with E-state index in [0.29, 0.717) is 23.3 Å². The lowest BCUT2D eigenvalue weighted by Crippen LogP contribution is -2.36. The zero-order valence-electron chi connectivity index (χ0n) is 16.0. The number of alkyl halides is 3. The van der Waals surface area contributed by atoms with Gasteiger partial charge in [0.05, 0.1) is 11.7 Å². The van der Waals surface area contributed by atoms with E-state index in [9.17, 15) is 23.1 Å². The summed E-state index contributed by atoms with van der Waals surface area (Å²) >= 11 is 5.77. The Labute approximate surface area is 177 Å². The van der Waals surface area contributed by atoms with E-state index >= 15 is 0 Å². The molecule has 1 heterocycles. The molecule has 0 aromatic heterocycles. The van der Waals surface area contributed by atoms with Gasteiger partial charge in [-0.15, -0.1) is 0 Å². The molecule has 1 amide bonds. The van der Waals surface area contributed by atoms with E-state index in [1.54, 1.807) is 18.2 Å². The van der Waals surface area contributed by atoms with Crippen LogP contribution in [-0.2, 0) is 16.1 Å². The fraction of sp³-hybridized carbons (Fsp3) is 0.318. The average molecular weight is 440 g/mol. The largest absolute Gasteiger partial charge is 0.508 e. The number of ether oxygens (including phenoxy) is 1. The third-order valence-corrected chi connectivity index (χ3v) is 5.09. The number of halogens is 4. The van der Waals surface area contributed by atoms with Gasteiger partial charge >= 0.3 is 6.18 Å². The molecule has 3 rings (SSSR count). The quantitative estimate of drug-likeness (QED) is 0.629. The molecule has 0 spiro atoms. The minimum Gasteiger partial charge on any atom is -0.508 e. The number of phenols is 1. The number of amides is 1. The summed E-state index contributed by atoms with van der Waals surface area (Å²) in [6, 6.07) is 11.5. The summed E-state index contributed by atoms with van der Waals surface area (Å²) in [5.74, 6) is -0.837. The van der Waals surface area contributed by atoms with Gasteiger partial charge in [0.15, 0.2) is 0 Å². The maximum atomic E-state index is 13.7. The van der Waals surface area contributed by atoms with Crippen LogP contribution in [0, 0.1) is 0 Å². The smallest absolute Gasteiger partial charge is 0.417 e. The highest BCUT2D eigenvalue weighted by Crippen LogP contribution is 2.34. The van der Waals surface area contributed by atoms with E-state index < -0.39 is 17.7 Å². The zero-order valence-corrected chi connectivity index (χ0v) is 16.8. The van der Waals surface area contributed by atoms with E-state index in [1.165, 1.54) is 35.2 Å². The molecule has 1 unspecified atom stereocenters. The van der Waals surface area contributed by atoms with Gasteiger partial charge in [0.1, 0.15) is 5.75 Å². The van der Waals surface area contributed by atoms with Crippen LogP contribution >= 0.6 is 11.6 Å². The number of carbonyl (C=O) groups is 1. The number of para-hydroxylation sites is 1. The number of hydrogen-bond donors (Lipinski definition) is 1. The van der Waals surface area contributed by atoms with Gasteiger partial charge in [0.25, 0.3) is 0 Å². The number of benzene rings is 2. The third kappa shape index (κ3) is 5.77. The molecule has 0 bridgehead atoms. The van der Waals surface area contributed by atoms with E-state index in [1.807, 2.05) is 0 Å². The molecule has 30 heavy (non-hydrogen) atoms. The van der Waals surface area contributed by atoms with Gasteiger partial charge in [-0.3, -0.25) is 4.79 Å². The molecular formula is C22H21ClF3NO3. The molecule has 1 aliphatic heterocycles. The van der Waals surface area contributed by atoms with Gasteiger partial charge in [-0.25, -0.2) is 0 Å². The Balaban J connectivity index is 1.92. The second kappa shape index (κ2) is 9.53. The Hall–Kier alpha value is -2.51. The second-order valence-corrected chi connectivity index (χ2v) is 7.48. The van der Waals surface area contributed by atoms with Crippen molar-refractivity contribution < 1.29 is 27.8 Å². The number of hydrogen-bond acceptors (Lipinski definition) is 3. The minimum atomic E-state index is -4.73. The van der Waals surface area contributed by atoms with Crippen molar-refractivity contribution in [1.29, 1.82) is 0 Å². The standard InChI is InChI=1S/C22H21ClF3NO3/c23-17-9-7-15(8-10-17)19(22(24,25)26)12-21(29)27(14-18-5-3-11-30-18)13-16-4-1-2-6-20(16)28/h1-2,4,6-10,12,18,28H,3,5,11,13-14H2. The van der Waals surface area contributed by atoms with Crippen molar-refractivity contribution in [3.63, 3.8) is 0 Å². The first-order valence-corrected chi connectivity index (χ1v) is 9.84. The van der Waals surface area contributed by atoms with Crippen molar-refractivity contribution in [1.82, 2.24) is 4.90 Å². The summed E-state index contributed by atoms with van der Waals surface area (Å²) in [5, 5.41) is 10.3. The molecule has 0 saturated carbocycles. The Morgan fingerprint density at radius 2 is 1.90 bits per heavy atom. The molecule has 0 aliphatic carbocycles. The van der Waals surface area contributed by atoms with Crippen LogP contribution in [0.4, 0.5) is 13.2 Å². The van der Waals surface area contributed by atoms with Crippen molar-refractivity contribution in [2.24, 2.45) is 0 Å². The normalized spacial score (nSPS) is 17.2. The number of aromatic hydroxyl groups is 1. The monoisotopic (exact) mass is 439 g/mol. The van der Waals surface area contributed by atoms with E-state index in [2.05, 4.69) is 0 Å². The molecule has 4 nitrogen and oxygen atoms in total. The van der Waals surface area contributed by atoms with E-state index in [0.717, 1.165) is 12.8 Å². The van der Waals surface area contributed by atoms with Crippen LogP contribution in [0.25, 0.3) is 5.57 Å². The molecule has 1 fully saturated rings. The van der Waals surface area contributed by atoms with Gasteiger partial charge in [0.2, 0.25) is 5.91 Å². The highest BCUT2D eigenvalue weighted by atomic mass is 35.5. The predicted molar refractivity (Wildman–Crippen MR) is 108 cm³/mol. The lowest BCUT2D eigenvalue weighted by atomic mass is 10.0. The lowest BCUT2D eigenvalue weighted by Gasteiger charge is -2.25. The van der Waals surface area contributed by atoms with Gasteiger partial charge in [-0.05, 0) is 36.6 Å². The first-order valence-electron chi connectivity index (χ1n) is 9.46. The molecule has 1 aliphatic rings. The Bertz CT molecular complexity index is 907.